The van der Waals surface area contributed by atoms with Gasteiger partial charge in [-0.2, -0.15) is 5.10 Å². The minimum Gasteiger partial charge on any atom is -0.350 e. The van der Waals surface area contributed by atoms with Gasteiger partial charge in [0.1, 0.15) is 0 Å². The van der Waals surface area contributed by atoms with Crippen molar-refractivity contribution >= 4 is 5.91 Å². The van der Waals surface area contributed by atoms with Gasteiger partial charge in [0.25, 0.3) is 11.5 Å². The van der Waals surface area contributed by atoms with Crippen LogP contribution in [0.1, 0.15) is 34.5 Å². The summed E-state index contributed by atoms with van der Waals surface area (Å²) in [6.45, 7) is 0.616. The van der Waals surface area contributed by atoms with Crippen LogP contribution in [0.15, 0.2) is 34.0 Å². The third-order valence-corrected chi connectivity index (χ3v) is 3.93. The van der Waals surface area contributed by atoms with Crippen LogP contribution in [-0.2, 0) is 19.4 Å². The molecule has 0 saturated carbocycles. The fourth-order valence-electron chi connectivity index (χ4n) is 2.69. The maximum Gasteiger partial charge on any atom is 0.267 e. The Labute approximate surface area is 132 Å². The van der Waals surface area contributed by atoms with Gasteiger partial charge in [0.05, 0.1) is 17.8 Å². The zero-order chi connectivity index (χ0) is 16.2. The fraction of sp³-hybridized carbons (Fsp3) is 0.375. The molecule has 0 atom stereocenters. The standard InChI is InChI=1S/C16H18N4O3/c21-14-6-5-12(10-18-14)16(23)17-7-8-20-15(22)9-11-3-1-2-4-13(11)19-20/h5-6,9-10H,1-4,7-8H2,(H,17,23)(H,18,21). The molecule has 1 amide bonds. The average molecular weight is 314 g/mol. The molecule has 0 fully saturated rings. The van der Waals surface area contributed by atoms with Crippen molar-refractivity contribution in [1.82, 2.24) is 20.1 Å². The summed E-state index contributed by atoms with van der Waals surface area (Å²) in [5.74, 6) is -0.299. The van der Waals surface area contributed by atoms with Crippen molar-refractivity contribution in [1.29, 1.82) is 0 Å². The van der Waals surface area contributed by atoms with Crippen molar-refractivity contribution in [3.63, 3.8) is 0 Å². The highest BCUT2D eigenvalue weighted by Crippen LogP contribution is 2.16. The van der Waals surface area contributed by atoms with Crippen molar-refractivity contribution in [3.05, 3.63) is 61.9 Å². The molecule has 3 rings (SSSR count). The lowest BCUT2D eigenvalue weighted by Crippen LogP contribution is -2.33. The van der Waals surface area contributed by atoms with Gasteiger partial charge in [-0.25, -0.2) is 4.68 Å². The van der Waals surface area contributed by atoms with Crippen molar-refractivity contribution in [2.45, 2.75) is 32.2 Å². The number of fused-ring (bicyclic) bond motifs is 1. The zero-order valence-electron chi connectivity index (χ0n) is 12.7. The molecule has 2 heterocycles. The number of carbonyl (C=O) groups is 1. The number of nitrogens with one attached hydrogen (secondary N) is 2. The molecule has 2 N–H and O–H groups in total. The van der Waals surface area contributed by atoms with E-state index >= 15 is 0 Å². The van der Waals surface area contributed by atoms with Gasteiger partial charge < -0.3 is 10.3 Å². The van der Waals surface area contributed by atoms with Crippen LogP contribution in [0, 0.1) is 0 Å². The van der Waals surface area contributed by atoms with E-state index in [9.17, 15) is 14.4 Å². The van der Waals surface area contributed by atoms with Crippen molar-refractivity contribution in [2.24, 2.45) is 0 Å². The summed E-state index contributed by atoms with van der Waals surface area (Å²) in [6, 6.07) is 4.41. The lowest BCUT2D eigenvalue weighted by molar-refractivity contribution is 0.0951. The molecule has 1 aliphatic carbocycles. The topological polar surface area (TPSA) is 96.8 Å². The second kappa shape index (κ2) is 6.60. The largest absolute Gasteiger partial charge is 0.350 e. The summed E-state index contributed by atoms with van der Waals surface area (Å²) in [7, 11) is 0. The molecular formula is C16H18N4O3. The number of H-pyrrole nitrogens is 1. The average Bonchev–Trinajstić information content (AvgIpc) is 2.56. The molecular weight excluding hydrogens is 296 g/mol. The Kier molecular flexibility index (Phi) is 4.36. The molecule has 7 nitrogen and oxygen atoms in total. The first kappa shape index (κ1) is 15.2. The lowest BCUT2D eigenvalue weighted by Gasteiger charge is -2.16. The van der Waals surface area contributed by atoms with Crippen LogP contribution in [0.4, 0.5) is 0 Å². The van der Waals surface area contributed by atoms with E-state index in [1.807, 2.05) is 0 Å². The molecule has 2 aromatic heterocycles. The molecule has 2 aromatic rings. The van der Waals surface area contributed by atoms with Gasteiger partial charge in [-0.05, 0) is 37.3 Å². The summed E-state index contributed by atoms with van der Waals surface area (Å²) >= 11 is 0. The summed E-state index contributed by atoms with van der Waals surface area (Å²) in [5.41, 5.74) is 2.02. The van der Waals surface area contributed by atoms with Gasteiger partial charge in [0.15, 0.2) is 0 Å². The molecule has 1 aliphatic rings. The number of aromatic amines is 1. The predicted octanol–water partition coefficient (Wildman–Crippen LogP) is 0.240. The fourth-order valence-corrected chi connectivity index (χ4v) is 2.69. The van der Waals surface area contributed by atoms with Gasteiger partial charge in [0, 0.05) is 24.9 Å². The lowest BCUT2D eigenvalue weighted by atomic mass is 9.97. The molecule has 23 heavy (non-hydrogen) atoms. The zero-order valence-corrected chi connectivity index (χ0v) is 12.7. The van der Waals surface area contributed by atoms with E-state index in [4.69, 9.17) is 0 Å². The van der Waals surface area contributed by atoms with Crippen LogP contribution < -0.4 is 16.4 Å². The first-order chi connectivity index (χ1) is 11.1. The second-order valence-corrected chi connectivity index (χ2v) is 5.58. The van der Waals surface area contributed by atoms with Crippen LogP contribution in [0.3, 0.4) is 0 Å². The number of rotatable bonds is 4. The highest BCUT2D eigenvalue weighted by molar-refractivity contribution is 5.93. The molecule has 0 aromatic carbocycles. The van der Waals surface area contributed by atoms with Gasteiger partial charge in [-0.3, -0.25) is 14.4 Å². The highest BCUT2D eigenvalue weighted by Gasteiger charge is 2.13. The number of hydrogen-bond donors (Lipinski definition) is 2. The maximum absolute atomic E-state index is 12.0. The quantitative estimate of drug-likeness (QED) is 0.845. The van der Waals surface area contributed by atoms with Crippen LogP contribution in [0.2, 0.25) is 0 Å². The highest BCUT2D eigenvalue weighted by atomic mass is 16.2. The smallest absolute Gasteiger partial charge is 0.267 e. The number of amides is 1. The number of hydrogen-bond acceptors (Lipinski definition) is 4. The first-order valence-electron chi connectivity index (χ1n) is 7.70. The molecule has 0 unspecified atom stereocenters. The van der Waals surface area contributed by atoms with Crippen LogP contribution in [0.5, 0.6) is 0 Å². The predicted molar refractivity (Wildman–Crippen MR) is 84.5 cm³/mol. The van der Waals surface area contributed by atoms with Gasteiger partial charge in [0.2, 0.25) is 5.56 Å². The van der Waals surface area contributed by atoms with Crippen molar-refractivity contribution < 1.29 is 4.79 Å². The Morgan fingerprint density at radius 3 is 2.87 bits per heavy atom. The van der Waals surface area contributed by atoms with E-state index in [0.717, 1.165) is 36.9 Å². The molecule has 7 heteroatoms. The third-order valence-electron chi connectivity index (χ3n) is 3.93. The summed E-state index contributed by atoms with van der Waals surface area (Å²) in [6.07, 6.45) is 5.39. The van der Waals surface area contributed by atoms with Crippen molar-refractivity contribution in [2.75, 3.05) is 6.54 Å². The number of carbonyl (C=O) groups excluding carboxylic acids is 1. The van der Waals surface area contributed by atoms with Crippen LogP contribution >= 0.6 is 0 Å². The molecule has 120 valence electrons. The number of pyridine rings is 1. The summed E-state index contributed by atoms with van der Waals surface area (Å²) < 4.78 is 1.40. The van der Waals surface area contributed by atoms with E-state index in [1.54, 1.807) is 6.07 Å². The van der Waals surface area contributed by atoms with E-state index < -0.39 is 0 Å². The van der Waals surface area contributed by atoms with Crippen molar-refractivity contribution in [3.8, 4) is 0 Å². The van der Waals surface area contributed by atoms with Gasteiger partial charge >= 0.3 is 0 Å². The van der Waals surface area contributed by atoms with Gasteiger partial charge in [-0.1, -0.05) is 0 Å². The van der Waals surface area contributed by atoms with Crippen LogP contribution in [0.25, 0.3) is 0 Å². The summed E-state index contributed by atoms with van der Waals surface area (Å²) in [4.78, 5) is 37.4. The third kappa shape index (κ3) is 3.56. The molecule has 0 aliphatic heterocycles. The van der Waals surface area contributed by atoms with E-state index in [2.05, 4.69) is 15.4 Å². The Morgan fingerprint density at radius 1 is 1.26 bits per heavy atom. The number of nitrogens with zero attached hydrogens (tertiary/aromatic N) is 2. The normalized spacial score (nSPS) is 13.4. The van der Waals surface area contributed by atoms with Gasteiger partial charge in [-0.15, -0.1) is 0 Å². The number of aryl methyl sites for hydroxylation is 2. The summed E-state index contributed by atoms with van der Waals surface area (Å²) in [5, 5.41) is 7.11. The van der Waals surface area contributed by atoms with E-state index in [1.165, 1.54) is 23.0 Å². The molecule has 0 bridgehead atoms. The van der Waals surface area contributed by atoms with Crippen LogP contribution in [-0.4, -0.2) is 27.2 Å². The monoisotopic (exact) mass is 314 g/mol. The van der Waals surface area contributed by atoms with E-state index in [0.29, 0.717) is 18.7 Å². The van der Waals surface area contributed by atoms with E-state index in [-0.39, 0.29) is 17.0 Å². The Morgan fingerprint density at radius 2 is 2.09 bits per heavy atom. The Bertz CT molecular complexity index is 817. The molecule has 0 saturated heterocycles. The number of aromatic nitrogens is 3. The molecule has 0 radical (unpaired) electrons. The second-order valence-electron chi connectivity index (χ2n) is 5.58. The SMILES string of the molecule is O=C(NCCn1nc2c(cc1=O)CCCC2)c1ccc(=O)[nH]c1. The minimum absolute atomic E-state index is 0.135. The first-order valence-corrected chi connectivity index (χ1v) is 7.70. The maximum atomic E-state index is 12.0. The Balaban J connectivity index is 1.62. The Hall–Kier alpha value is -2.70. The minimum atomic E-state index is -0.299. The molecule has 0 spiro atoms.